The van der Waals surface area contributed by atoms with E-state index < -0.39 is 0 Å². The van der Waals surface area contributed by atoms with Crippen molar-refractivity contribution in [3.63, 3.8) is 0 Å². The van der Waals surface area contributed by atoms with E-state index in [1.807, 2.05) is 64.0 Å². The Hall–Kier alpha value is -4.06. The van der Waals surface area contributed by atoms with Crippen LogP contribution in [0.1, 0.15) is 27.2 Å². The molecule has 0 unspecified atom stereocenters. The van der Waals surface area contributed by atoms with Crippen LogP contribution >= 0.6 is 0 Å². The lowest BCUT2D eigenvalue weighted by molar-refractivity contribution is 0.101. The molecule has 0 atom stereocenters. The number of furan rings is 1. The van der Waals surface area contributed by atoms with Crippen molar-refractivity contribution in [3.8, 4) is 0 Å². The molecule has 5 rings (SSSR count). The van der Waals surface area contributed by atoms with Gasteiger partial charge in [-0.15, -0.1) is 0 Å². The van der Waals surface area contributed by atoms with Crippen LogP contribution in [0.25, 0.3) is 11.1 Å². The van der Waals surface area contributed by atoms with Gasteiger partial charge in [0, 0.05) is 24.9 Å². The number of nitrogens with one attached hydrogen (secondary N) is 1. The molecule has 6 heteroatoms. The highest BCUT2D eigenvalue weighted by atomic mass is 16.3. The molecule has 1 N–H and O–H groups in total. The molecule has 3 heterocycles. The molecular weight excluding hydrogens is 388 g/mol. The van der Waals surface area contributed by atoms with E-state index in [0.717, 1.165) is 16.6 Å². The summed E-state index contributed by atoms with van der Waals surface area (Å²) < 4.78 is 9.36. The normalized spacial score (nSPS) is 11.1. The number of amides is 1. The smallest absolute Gasteiger partial charge is 0.272 e. The summed E-state index contributed by atoms with van der Waals surface area (Å²) >= 11 is 0. The van der Waals surface area contributed by atoms with Gasteiger partial charge in [-0.25, -0.2) is 0 Å². The number of nitrogens with zero attached hydrogens (tertiary/aromatic N) is 3. The van der Waals surface area contributed by atoms with E-state index in [2.05, 4.69) is 29.5 Å². The summed E-state index contributed by atoms with van der Waals surface area (Å²) in [6.07, 6.45) is 5.15. The molecule has 0 saturated carbocycles. The van der Waals surface area contributed by atoms with Gasteiger partial charge in [-0.1, -0.05) is 54.6 Å². The molecule has 0 radical (unpaired) electrons. The highest BCUT2D eigenvalue weighted by Crippen LogP contribution is 2.24. The lowest BCUT2D eigenvalue weighted by Gasteiger charge is -2.12. The molecule has 5 aromatic rings. The van der Waals surface area contributed by atoms with Gasteiger partial charge in [0.1, 0.15) is 5.69 Å². The van der Waals surface area contributed by atoms with Crippen LogP contribution in [0.2, 0.25) is 0 Å². The zero-order valence-electron chi connectivity index (χ0n) is 17.2. The summed E-state index contributed by atoms with van der Waals surface area (Å²) in [6, 6.07) is 21.9. The van der Waals surface area contributed by atoms with E-state index in [9.17, 15) is 4.79 Å². The summed E-state index contributed by atoms with van der Waals surface area (Å²) in [7, 11) is 0. The summed E-state index contributed by atoms with van der Waals surface area (Å²) in [5.41, 5.74) is 6.28. The number of aryl methyl sites for hydroxylation is 1. The predicted octanol–water partition coefficient (Wildman–Crippen LogP) is 5.09. The minimum Gasteiger partial charge on any atom is -0.463 e. The second-order valence-corrected chi connectivity index (χ2v) is 7.58. The minimum absolute atomic E-state index is 0.195. The molecule has 154 valence electrons. The van der Waals surface area contributed by atoms with Gasteiger partial charge in [-0.2, -0.15) is 5.10 Å². The molecule has 1 amide bonds. The Kier molecular flexibility index (Phi) is 4.88. The van der Waals surface area contributed by atoms with Gasteiger partial charge in [-0.05, 0) is 23.6 Å². The SMILES string of the molecule is Cc1ccccc1Cn1c(C(=O)Nc2cnn(Cc3ccccc3)c2)cc2occc21. The molecule has 0 aliphatic rings. The van der Waals surface area contributed by atoms with Crippen LogP contribution < -0.4 is 5.32 Å². The number of rotatable bonds is 6. The van der Waals surface area contributed by atoms with Gasteiger partial charge in [0.05, 0.1) is 30.2 Å². The average molecular weight is 410 g/mol. The maximum Gasteiger partial charge on any atom is 0.272 e. The molecule has 0 bridgehead atoms. The van der Waals surface area contributed by atoms with Gasteiger partial charge >= 0.3 is 0 Å². The molecule has 0 saturated heterocycles. The Morgan fingerprint density at radius 3 is 2.68 bits per heavy atom. The van der Waals surface area contributed by atoms with Crippen molar-refractivity contribution in [3.05, 3.63) is 108 Å². The fraction of sp³-hybridized carbons (Fsp3) is 0.120. The first-order chi connectivity index (χ1) is 15.2. The molecule has 0 aliphatic carbocycles. The number of anilines is 1. The first-order valence-electron chi connectivity index (χ1n) is 10.2. The Morgan fingerprint density at radius 2 is 1.84 bits per heavy atom. The van der Waals surface area contributed by atoms with Crippen molar-refractivity contribution in [2.24, 2.45) is 0 Å². The molecule has 6 nitrogen and oxygen atoms in total. The Balaban J connectivity index is 1.39. The van der Waals surface area contributed by atoms with E-state index in [-0.39, 0.29) is 5.91 Å². The molecule has 0 aliphatic heterocycles. The van der Waals surface area contributed by atoms with Gasteiger partial charge in [0.2, 0.25) is 0 Å². The maximum atomic E-state index is 13.1. The topological polar surface area (TPSA) is 65.0 Å². The zero-order chi connectivity index (χ0) is 21.2. The lowest BCUT2D eigenvalue weighted by atomic mass is 10.1. The third kappa shape index (κ3) is 3.88. The molecule has 0 fully saturated rings. The Morgan fingerprint density at radius 1 is 1.03 bits per heavy atom. The van der Waals surface area contributed by atoms with Crippen LogP contribution in [0.5, 0.6) is 0 Å². The first kappa shape index (κ1) is 18.9. The van der Waals surface area contributed by atoms with Crippen molar-refractivity contribution in [1.82, 2.24) is 14.3 Å². The summed E-state index contributed by atoms with van der Waals surface area (Å²) in [5.74, 6) is -0.195. The van der Waals surface area contributed by atoms with Crippen molar-refractivity contribution >= 4 is 22.7 Å². The van der Waals surface area contributed by atoms with Crippen LogP contribution in [0.15, 0.2) is 89.8 Å². The lowest BCUT2D eigenvalue weighted by Crippen LogP contribution is -2.17. The van der Waals surface area contributed by atoms with Crippen LogP contribution in [-0.4, -0.2) is 20.3 Å². The number of hydrogen-bond donors (Lipinski definition) is 1. The van der Waals surface area contributed by atoms with Crippen LogP contribution in [0, 0.1) is 6.92 Å². The second-order valence-electron chi connectivity index (χ2n) is 7.58. The Bertz CT molecular complexity index is 1340. The summed E-state index contributed by atoms with van der Waals surface area (Å²) in [6.45, 7) is 3.31. The standard InChI is InChI=1S/C25H22N4O2/c1-18-7-5-6-10-20(18)16-29-22-11-12-31-24(22)13-23(29)25(30)27-21-14-26-28(17-21)15-19-8-3-2-4-9-19/h2-14,17H,15-16H2,1H3,(H,27,30). The molecule has 3 aromatic heterocycles. The average Bonchev–Trinajstić information content (AvgIpc) is 3.48. The van der Waals surface area contributed by atoms with E-state index in [1.54, 1.807) is 18.5 Å². The van der Waals surface area contributed by atoms with Gasteiger partial charge in [0.15, 0.2) is 5.58 Å². The number of carbonyl (C=O) groups excluding carboxylic acids is 1. The number of benzene rings is 2. The van der Waals surface area contributed by atoms with Crippen molar-refractivity contribution in [2.75, 3.05) is 5.32 Å². The first-order valence-corrected chi connectivity index (χ1v) is 10.2. The van der Waals surface area contributed by atoms with Crippen molar-refractivity contribution in [1.29, 1.82) is 0 Å². The second kappa shape index (κ2) is 7.99. The van der Waals surface area contributed by atoms with Crippen LogP contribution in [0.4, 0.5) is 5.69 Å². The fourth-order valence-electron chi connectivity index (χ4n) is 3.77. The molecule has 31 heavy (non-hydrogen) atoms. The highest BCUT2D eigenvalue weighted by molar-refractivity contribution is 6.05. The summed E-state index contributed by atoms with van der Waals surface area (Å²) in [5, 5.41) is 7.34. The number of hydrogen-bond acceptors (Lipinski definition) is 3. The molecular formula is C25H22N4O2. The maximum absolute atomic E-state index is 13.1. The third-order valence-electron chi connectivity index (χ3n) is 5.42. The van der Waals surface area contributed by atoms with Gasteiger partial charge in [0.25, 0.3) is 5.91 Å². The number of fused-ring (bicyclic) bond motifs is 1. The largest absolute Gasteiger partial charge is 0.463 e. The zero-order valence-corrected chi connectivity index (χ0v) is 17.2. The third-order valence-corrected chi connectivity index (χ3v) is 5.42. The van der Waals surface area contributed by atoms with Gasteiger partial charge in [-0.3, -0.25) is 9.48 Å². The quantitative estimate of drug-likeness (QED) is 0.424. The Labute approximate surface area is 179 Å². The molecule has 0 spiro atoms. The van der Waals surface area contributed by atoms with Gasteiger partial charge < -0.3 is 14.3 Å². The minimum atomic E-state index is -0.195. The van der Waals surface area contributed by atoms with E-state index in [0.29, 0.717) is 30.1 Å². The number of carbonyl (C=O) groups is 1. The predicted molar refractivity (Wildman–Crippen MR) is 120 cm³/mol. The van der Waals surface area contributed by atoms with E-state index in [1.165, 1.54) is 5.56 Å². The van der Waals surface area contributed by atoms with E-state index in [4.69, 9.17) is 4.42 Å². The summed E-state index contributed by atoms with van der Waals surface area (Å²) in [4.78, 5) is 13.1. The fourth-order valence-corrected chi connectivity index (χ4v) is 3.77. The van der Waals surface area contributed by atoms with Crippen LogP contribution in [0.3, 0.4) is 0 Å². The number of aromatic nitrogens is 3. The van der Waals surface area contributed by atoms with Crippen LogP contribution in [-0.2, 0) is 13.1 Å². The van der Waals surface area contributed by atoms with Crippen molar-refractivity contribution in [2.45, 2.75) is 20.0 Å². The highest BCUT2D eigenvalue weighted by Gasteiger charge is 2.19. The van der Waals surface area contributed by atoms with Crippen molar-refractivity contribution < 1.29 is 9.21 Å². The van der Waals surface area contributed by atoms with E-state index >= 15 is 0 Å². The molecule has 2 aromatic carbocycles. The monoisotopic (exact) mass is 410 g/mol.